The molecule has 1 saturated heterocycles. The van der Waals surface area contributed by atoms with Crippen LogP contribution >= 0.6 is 0 Å². The normalized spacial score (nSPS) is 23.5. The summed E-state index contributed by atoms with van der Waals surface area (Å²) >= 11 is 0. The van der Waals surface area contributed by atoms with Crippen LogP contribution in [0.2, 0.25) is 0 Å². The van der Waals surface area contributed by atoms with Crippen molar-refractivity contribution >= 4 is 11.6 Å². The molecule has 2 aliphatic rings. The zero-order chi connectivity index (χ0) is 20.1. The molecule has 1 fully saturated rings. The summed E-state index contributed by atoms with van der Waals surface area (Å²) in [6.45, 7) is 0.455. The van der Waals surface area contributed by atoms with Crippen molar-refractivity contribution in [3.8, 4) is 5.75 Å². The number of nitrogens with zero attached hydrogens (tertiary/aromatic N) is 1. The minimum absolute atomic E-state index is 0.0240. The quantitative estimate of drug-likeness (QED) is 0.756. The van der Waals surface area contributed by atoms with Gasteiger partial charge in [0.15, 0.2) is 5.54 Å². The minimum Gasteiger partial charge on any atom is -0.508 e. The molecule has 1 amide bonds. The molecule has 4 nitrogen and oxygen atoms in total. The van der Waals surface area contributed by atoms with Crippen molar-refractivity contribution < 1.29 is 27.5 Å². The van der Waals surface area contributed by atoms with Crippen LogP contribution < -0.4 is 5.32 Å². The number of phenols is 1. The van der Waals surface area contributed by atoms with Crippen molar-refractivity contribution in [2.45, 2.75) is 30.7 Å². The van der Waals surface area contributed by atoms with Gasteiger partial charge in [-0.1, -0.05) is 24.3 Å². The van der Waals surface area contributed by atoms with Gasteiger partial charge in [0.05, 0.1) is 11.3 Å². The SMILES string of the molecule is O=C1Nc2c(C(F)(F)F)cccc2[C@@]1(c1ccc(O)cc1)N1CCC(F)CC1. The second kappa shape index (κ2) is 6.48. The van der Waals surface area contributed by atoms with E-state index in [2.05, 4.69) is 5.32 Å². The van der Waals surface area contributed by atoms with Gasteiger partial charge in [-0.25, -0.2) is 4.39 Å². The van der Waals surface area contributed by atoms with Crippen molar-refractivity contribution in [3.05, 3.63) is 59.2 Å². The fourth-order valence-corrected chi connectivity index (χ4v) is 4.22. The summed E-state index contributed by atoms with van der Waals surface area (Å²) in [5.74, 6) is -0.633. The van der Waals surface area contributed by atoms with Gasteiger partial charge < -0.3 is 10.4 Å². The summed E-state index contributed by atoms with van der Waals surface area (Å²) in [7, 11) is 0. The number of carbonyl (C=O) groups excluding carboxylic acids is 1. The summed E-state index contributed by atoms with van der Waals surface area (Å²) in [5, 5.41) is 12.1. The van der Waals surface area contributed by atoms with Crippen LogP contribution in [0.5, 0.6) is 5.75 Å². The summed E-state index contributed by atoms with van der Waals surface area (Å²) in [5.41, 5.74) is -2.08. The second-order valence-electron chi connectivity index (χ2n) is 7.10. The van der Waals surface area contributed by atoms with Gasteiger partial charge in [-0.05, 0) is 36.6 Å². The first-order chi connectivity index (χ1) is 13.2. The Bertz CT molecular complexity index is 905. The lowest BCUT2D eigenvalue weighted by Crippen LogP contribution is -2.54. The van der Waals surface area contributed by atoms with Crippen LogP contribution in [-0.2, 0) is 16.5 Å². The Morgan fingerprint density at radius 2 is 1.71 bits per heavy atom. The van der Waals surface area contributed by atoms with Crippen molar-refractivity contribution in [2.24, 2.45) is 0 Å². The van der Waals surface area contributed by atoms with Crippen LogP contribution in [0.4, 0.5) is 23.2 Å². The van der Waals surface area contributed by atoms with E-state index in [1.165, 1.54) is 36.4 Å². The monoisotopic (exact) mass is 394 g/mol. The van der Waals surface area contributed by atoms with Crippen LogP contribution in [0.25, 0.3) is 0 Å². The van der Waals surface area contributed by atoms with E-state index >= 15 is 0 Å². The molecule has 0 radical (unpaired) electrons. The number of para-hydroxylation sites is 1. The van der Waals surface area contributed by atoms with Gasteiger partial charge in [-0.3, -0.25) is 9.69 Å². The van der Waals surface area contributed by atoms with Gasteiger partial charge in [0.1, 0.15) is 11.9 Å². The van der Waals surface area contributed by atoms with E-state index in [0.29, 0.717) is 5.56 Å². The lowest BCUT2D eigenvalue weighted by molar-refractivity contribution is -0.136. The van der Waals surface area contributed by atoms with Crippen LogP contribution in [-0.4, -0.2) is 35.2 Å². The van der Waals surface area contributed by atoms with E-state index in [4.69, 9.17) is 0 Å². The van der Waals surface area contributed by atoms with E-state index in [-0.39, 0.29) is 42.9 Å². The largest absolute Gasteiger partial charge is 0.508 e. The molecule has 0 bridgehead atoms. The van der Waals surface area contributed by atoms with E-state index in [9.17, 15) is 27.5 Å². The number of anilines is 1. The maximum absolute atomic E-state index is 13.7. The molecule has 0 aromatic heterocycles. The maximum Gasteiger partial charge on any atom is 0.418 e. The van der Waals surface area contributed by atoms with Gasteiger partial charge in [0.25, 0.3) is 5.91 Å². The summed E-state index contributed by atoms with van der Waals surface area (Å²) in [4.78, 5) is 15.0. The Morgan fingerprint density at radius 1 is 1.07 bits per heavy atom. The smallest absolute Gasteiger partial charge is 0.418 e. The van der Waals surface area contributed by atoms with Crippen LogP contribution in [0.3, 0.4) is 0 Å². The van der Waals surface area contributed by atoms with Crippen LogP contribution in [0.1, 0.15) is 29.5 Å². The Kier molecular flexibility index (Phi) is 4.33. The molecule has 1 atom stereocenters. The van der Waals surface area contributed by atoms with Gasteiger partial charge in [0.2, 0.25) is 0 Å². The molecular weight excluding hydrogens is 376 g/mol. The van der Waals surface area contributed by atoms with E-state index in [1.54, 1.807) is 4.90 Å². The van der Waals surface area contributed by atoms with E-state index in [1.807, 2.05) is 0 Å². The molecule has 2 heterocycles. The highest BCUT2D eigenvalue weighted by atomic mass is 19.4. The van der Waals surface area contributed by atoms with Gasteiger partial charge >= 0.3 is 6.18 Å². The molecular formula is C20H18F4N2O2. The van der Waals surface area contributed by atoms with Gasteiger partial charge in [0, 0.05) is 18.7 Å². The number of rotatable bonds is 2. The number of hydrogen-bond acceptors (Lipinski definition) is 3. The Labute approximate surface area is 158 Å². The first kappa shape index (κ1) is 18.7. The number of amides is 1. The number of halogens is 4. The van der Waals surface area contributed by atoms with Crippen molar-refractivity contribution in [1.82, 2.24) is 4.90 Å². The molecule has 2 N–H and O–H groups in total. The number of aromatic hydroxyl groups is 1. The molecule has 0 saturated carbocycles. The molecule has 0 aliphatic carbocycles. The lowest BCUT2D eigenvalue weighted by atomic mass is 9.80. The molecule has 4 rings (SSSR count). The fraction of sp³-hybridized carbons (Fsp3) is 0.350. The predicted molar refractivity (Wildman–Crippen MR) is 94.7 cm³/mol. The number of fused-ring (bicyclic) bond motifs is 1. The molecule has 0 spiro atoms. The molecule has 8 heteroatoms. The number of phenolic OH excluding ortho intramolecular Hbond substituents is 1. The molecule has 28 heavy (non-hydrogen) atoms. The summed E-state index contributed by atoms with van der Waals surface area (Å²) in [6, 6.07) is 9.52. The number of benzene rings is 2. The topological polar surface area (TPSA) is 52.6 Å². The third kappa shape index (κ3) is 2.74. The number of carbonyl (C=O) groups is 1. The molecule has 2 aromatic carbocycles. The van der Waals surface area contributed by atoms with Crippen molar-refractivity contribution in [2.75, 3.05) is 18.4 Å². The fourth-order valence-electron chi connectivity index (χ4n) is 4.22. The third-order valence-electron chi connectivity index (χ3n) is 5.51. The van der Waals surface area contributed by atoms with Gasteiger partial charge in [-0.15, -0.1) is 0 Å². The maximum atomic E-state index is 13.7. The summed E-state index contributed by atoms with van der Waals surface area (Å²) in [6.07, 6.45) is -5.24. The Balaban J connectivity index is 1.95. The first-order valence-corrected chi connectivity index (χ1v) is 8.95. The number of nitrogens with one attached hydrogen (secondary N) is 1. The second-order valence-corrected chi connectivity index (χ2v) is 7.10. The summed E-state index contributed by atoms with van der Waals surface area (Å²) < 4.78 is 54.3. The molecule has 2 aromatic rings. The first-order valence-electron chi connectivity index (χ1n) is 8.95. The average Bonchev–Trinajstić information content (AvgIpc) is 2.95. The Hall–Kier alpha value is -2.61. The minimum atomic E-state index is -4.63. The van der Waals surface area contributed by atoms with Crippen LogP contribution in [0.15, 0.2) is 42.5 Å². The standard InChI is InChI=1S/C20H18F4N2O2/c21-13-8-10-26(11-9-13)19(12-4-6-14(27)7-5-12)15-2-1-3-16(20(22,23)24)17(15)25-18(19)28/h1-7,13,27H,8-11H2,(H,25,28)/t19-/m1/s1. The third-order valence-corrected chi connectivity index (χ3v) is 5.51. The van der Waals surface area contributed by atoms with E-state index < -0.39 is 29.4 Å². The zero-order valence-corrected chi connectivity index (χ0v) is 14.8. The molecule has 148 valence electrons. The molecule has 0 unspecified atom stereocenters. The lowest BCUT2D eigenvalue weighted by Gasteiger charge is -2.43. The highest BCUT2D eigenvalue weighted by Crippen LogP contribution is 2.50. The van der Waals surface area contributed by atoms with Crippen molar-refractivity contribution in [1.29, 1.82) is 0 Å². The van der Waals surface area contributed by atoms with Crippen molar-refractivity contribution in [3.63, 3.8) is 0 Å². The van der Waals surface area contributed by atoms with Crippen LogP contribution in [0, 0.1) is 0 Å². The number of alkyl halides is 4. The number of piperidine rings is 1. The van der Waals surface area contributed by atoms with Gasteiger partial charge in [-0.2, -0.15) is 13.2 Å². The number of likely N-dealkylation sites (tertiary alicyclic amines) is 1. The van der Waals surface area contributed by atoms with E-state index in [0.717, 1.165) is 6.07 Å². The predicted octanol–water partition coefficient (Wildman–Crippen LogP) is 4.04. The highest BCUT2D eigenvalue weighted by Gasteiger charge is 2.55. The molecule has 2 aliphatic heterocycles. The highest BCUT2D eigenvalue weighted by molar-refractivity contribution is 6.09. The number of hydrogen-bond donors (Lipinski definition) is 2. The Morgan fingerprint density at radius 3 is 2.32 bits per heavy atom. The zero-order valence-electron chi connectivity index (χ0n) is 14.8. The average molecular weight is 394 g/mol.